The van der Waals surface area contributed by atoms with Gasteiger partial charge in [-0.1, -0.05) is 17.3 Å². The Morgan fingerprint density at radius 2 is 2.00 bits per heavy atom. The van der Waals surface area contributed by atoms with Crippen LogP contribution in [0.2, 0.25) is 0 Å². The summed E-state index contributed by atoms with van der Waals surface area (Å²) in [6.07, 6.45) is 0. The number of nitrogens with one attached hydrogen (secondary N) is 1. The first-order valence-electron chi connectivity index (χ1n) is 8.29. The second kappa shape index (κ2) is 7.79. The summed E-state index contributed by atoms with van der Waals surface area (Å²) in [7, 11) is 1.61. The molecule has 7 nitrogen and oxygen atoms in total. The Morgan fingerprint density at radius 1 is 1.22 bits per heavy atom. The maximum absolute atomic E-state index is 12.5. The van der Waals surface area contributed by atoms with Crippen molar-refractivity contribution in [1.82, 2.24) is 15.0 Å². The van der Waals surface area contributed by atoms with Crippen LogP contribution in [0, 0.1) is 13.8 Å². The molecule has 0 aliphatic heterocycles. The van der Waals surface area contributed by atoms with Crippen molar-refractivity contribution in [3.05, 3.63) is 63.3 Å². The normalized spacial score (nSPS) is 10.7. The highest BCUT2D eigenvalue weighted by Gasteiger charge is 2.18. The minimum Gasteiger partial charge on any atom is -0.496 e. The van der Waals surface area contributed by atoms with Gasteiger partial charge in [-0.3, -0.25) is 4.79 Å². The van der Waals surface area contributed by atoms with E-state index in [0.717, 1.165) is 26.9 Å². The van der Waals surface area contributed by atoms with E-state index in [9.17, 15) is 4.79 Å². The van der Waals surface area contributed by atoms with Crippen LogP contribution in [0.3, 0.4) is 0 Å². The van der Waals surface area contributed by atoms with Crippen molar-refractivity contribution in [3.63, 3.8) is 0 Å². The van der Waals surface area contributed by atoms with E-state index in [-0.39, 0.29) is 11.5 Å². The number of halogens is 1. The Balaban J connectivity index is 1.77. The van der Waals surface area contributed by atoms with Crippen LogP contribution < -0.4 is 15.8 Å². The Kier molecular flexibility index (Phi) is 5.46. The van der Waals surface area contributed by atoms with Crippen LogP contribution in [0.15, 0.2) is 40.9 Å². The van der Waals surface area contributed by atoms with Crippen molar-refractivity contribution in [2.24, 2.45) is 0 Å². The number of aromatic nitrogens is 3. The summed E-state index contributed by atoms with van der Waals surface area (Å²) in [6, 6.07) is 11.4. The van der Waals surface area contributed by atoms with Crippen LogP contribution in [0.25, 0.3) is 0 Å². The van der Waals surface area contributed by atoms with Gasteiger partial charge in [0.2, 0.25) is 0 Å². The highest BCUT2D eigenvalue weighted by atomic mass is 79.9. The molecule has 0 aliphatic carbocycles. The topological polar surface area (TPSA) is 95.1 Å². The minimum absolute atomic E-state index is 0.0980. The van der Waals surface area contributed by atoms with Crippen molar-refractivity contribution in [2.45, 2.75) is 20.4 Å². The molecule has 3 aromatic rings. The van der Waals surface area contributed by atoms with Crippen LogP contribution in [0.4, 0.5) is 11.5 Å². The number of anilines is 2. The van der Waals surface area contributed by atoms with E-state index in [1.54, 1.807) is 7.11 Å². The van der Waals surface area contributed by atoms with Gasteiger partial charge in [0.1, 0.15) is 5.75 Å². The first-order chi connectivity index (χ1) is 12.9. The van der Waals surface area contributed by atoms with E-state index < -0.39 is 5.91 Å². The number of nitrogens with zero attached hydrogens (tertiary/aromatic N) is 3. The van der Waals surface area contributed by atoms with Crippen LogP contribution in [-0.4, -0.2) is 28.0 Å². The molecule has 0 aliphatic rings. The second-order valence-corrected chi connectivity index (χ2v) is 7.06. The summed E-state index contributed by atoms with van der Waals surface area (Å²) in [5.74, 6) is 0.556. The third-order valence-corrected chi connectivity index (χ3v) is 4.92. The zero-order valence-electron chi connectivity index (χ0n) is 15.3. The molecule has 2 aromatic carbocycles. The molecule has 0 atom stereocenters. The lowest BCUT2D eigenvalue weighted by Gasteiger charge is -2.08. The number of carbonyl (C=O) groups excluding carboxylic acids is 1. The molecule has 140 valence electrons. The summed E-state index contributed by atoms with van der Waals surface area (Å²) < 4.78 is 7.54. The predicted molar refractivity (Wildman–Crippen MR) is 108 cm³/mol. The summed E-state index contributed by atoms with van der Waals surface area (Å²) in [6.45, 7) is 4.39. The molecule has 0 bridgehead atoms. The average Bonchev–Trinajstić information content (AvgIpc) is 2.99. The molecule has 27 heavy (non-hydrogen) atoms. The van der Waals surface area contributed by atoms with Crippen LogP contribution >= 0.6 is 15.9 Å². The molecule has 0 radical (unpaired) electrons. The van der Waals surface area contributed by atoms with Gasteiger partial charge >= 0.3 is 0 Å². The van der Waals surface area contributed by atoms with Gasteiger partial charge in [-0.05, 0) is 70.7 Å². The molecule has 3 N–H and O–H groups in total. The largest absolute Gasteiger partial charge is 0.496 e. The first-order valence-corrected chi connectivity index (χ1v) is 9.08. The molecule has 8 heteroatoms. The number of aryl methyl sites for hydroxylation is 2. The summed E-state index contributed by atoms with van der Waals surface area (Å²) in [5.41, 5.74) is 10.1. The minimum atomic E-state index is -0.391. The van der Waals surface area contributed by atoms with Gasteiger partial charge in [0.25, 0.3) is 5.91 Å². The standard InChI is InChI=1S/C19H20BrN5O2/c1-11-4-6-14(8-12(11)2)22-19(26)17-18(21)25(24-23-17)10-13-5-7-16(27-3)15(20)9-13/h4-9H,10,21H2,1-3H3,(H,22,26). The molecular weight excluding hydrogens is 410 g/mol. The van der Waals surface area contributed by atoms with E-state index in [0.29, 0.717) is 12.2 Å². The summed E-state index contributed by atoms with van der Waals surface area (Å²) in [4.78, 5) is 12.5. The summed E-state index contributed by atoms with van der Waals surface area (Å²) in [5, 5.41) is 10.8. The Labute approximate surface area is 165 Å². The van der Waals surface area contributed by atoms with Crippen LogP contribution in [0.5, 0.6) is 5.75 Å². The van der Waals surface area contributed by atoms with Crippen LogP contribution in [0.1, 0.15) is 27.2 Å². The van der Waals surface area contributed by atoms with Crippen molar-refractivity contribution < 1.29 is 9.53 Å². The fourth-order valence-corrected chi connectivity index (χ4v) is 3.18. The fraction of sp³-hybridized carbons (Fsp3) is 0.211. The third kappa shape index (κ3) is 4.11. The lowest BCUT2D eigenvalue weighted by molar-refractivity contribution is 0.102. The number of ether oxygens (including phenoxy) is 1. The number of nitrogen functional groups attached to an aromatic ring is 1. The molecule has 0 spiro atoms. The summed E-state index contributed by atoms with van der Waals surface area (Å²) >= 11 is 3.45. The number of carbonyl (C=O) groups is 1. The molecule has 0 fully saturated rings. The van der Waals surface area contributed by atoms with E-state index in [2.05, 4.69) is 31.6 Å². The maximum atomic E-state index is 12.5. The van der Waals surface area contributed by atoms with Gasteiger partial charge in [-0.15, -0.1) is 5.10 Å². The predicted octanol–water partition coefficient (Wildman–Crippen LogP) is 3.55. The number of amides is 1. The number of hydrogen-bond acceptors (Lipinski definition) is 5. The van der Waals surface area contributed by atoms with E-state index in [4.69, 9.17) is 10.5 Å². The monoisotopic (exact) mass is 429 g/mol. The average molecular weight is 430 g/mol. The number of methoxy groups -OCH3 is 1. The first kappa shape index (κ1) is 18.9. The van der Waals surface area contributed by atoms with E-state index >= 15 is 0 Å². The highest BCUT2D eigenvalue weighted by molar-refractivity contribution is 9.10. The smallest absolute Gasteiger partial charge is 0.280 e. The zero-order valence-corrected chi connectivity index (χ0v) is 16.9. The molecule has 1 amide bonds. The van der Waals surface area contributed by atoms with Gasteiger partial charge in [0, 0.05) is 5.69 Å². The van der Waals surface area contributed by atoms with E-state index in [1.165, 1.54) is 4.68 Å². The number of rotatable bonds is 5. The lowest BCUT2D eigenvalue weighted by atomic mass is 10.1. The number of benzene rings is 2. The highest BCUT2D eigenvalue weighted by Crippen LogP contribution is 2.26. The van der Waals surface area contributed by atoms with Gasteiger partial charge in [-0.25, -0.2) is 4.68 Å². The Hall–Kier alpha value is -2.87. The molecular formula is C19H20BrN5O2. The molecule has 0 saturated carbocycles. The Morgan fingerprint density at radius 3 is 2.67 bits per heavy atom. The van der Waals surface area contributed by atoms with Gasteiger partial charge in [0.15, 0.2) is 11.5 Å². The van der Waals surface area contributed by atoms with Crippen molar-refractivity contribution >= 4 is 33.3 Å². The molecule has 3 rings (SSSR count). The second-order valence-electron chi connectivity index (χ2n) is 6.20. The molecule has 1 heterocycles. The SMILES string of the molecule is COc1ccc(Cn2nnc(C(=O)Nc3ccc(C)c(C)c3)c2N)cc1Br. The van der Waals surface area contributed by atoms with Crippen LogP contribution in [-0.2, 0) is 6.54 Å². The quantitative estimate of drug-likeness (QED) is 0.646. The Bertz CT molecular complexity index is 1000. The van der Waals surface area contributed by atoms with Crippen molar-refractivity contribution in [3.8, 4) is 5.75 Å². The van der Waals surface area contributed by atoms with Crippen molar-refractivity contribution in [1.29, 1.82) is 0 Å². The zero-order chi connectivity index (χ0) is 19.6. The van der Waals surface area contributed by atoms with E-state index in [1.807, 2.05) is 50.2 Å². The molecule has 0 saturated heterocycles. The third-order valence-electron chi connectivity index (χ3n) is 4.30. The number of hydrogen-bond donors (Lipinski definition) is 2. The van der Waals surface area contributed by atoms with Gasteiger partial charge in [-0.2, -0.15) is 0 Å². The lowest BCUT2D eigenvalue weighted by Crippen LogP contribution is -2.15. The fourth-order valence-electron chi connectivity index (χ4n) is 2.59. The number of nitrogens with two attached hydrogens (primary N) is 1. The van der Waals surface area contributed by atoms with Gasteiger partial charge in [0.05, 0.1) is 18.1 Å². The van der Waals surface area contributed by atoms with Crippen molar-refractivity contribution in [2.75, 3.05) is 18.2 Å². The molecule has 0 unspecified atom stereocenters. The maximum Gasteiger partial charge on any atom is 0.280 e. The molecule has 1 aromatic heterocycles. The van der Waals surface area contributed by atoms with Gasteiger partial charge < -0.3 is 15.8 Å².